The number of nitrogens with one attached hydrogen (secondary N) is 2. The smallest absolute Gasteiger partial charge is 0.256 e. The van der Waals surface area contributed by atoms with Gasteiger partial charge in [-0.2, -0.15) is 0 Å². The summed E-state index contributed by atoms with van der Waals surface area (Å²) < 4.78 is 5.89. The zero-order valence-corrected chi connectivity index (χ0v) is 24.2. The quantitative estimate of drug-likeness (QED) is 0.206. The third-order valence-corrected chi connectivity index (χ3v) is 7.89. The summed E-state index contributed by atoms with van der Waals surface area (Å²) in [4.78, 5) is 28.7. The Kier molecular flexibility index (Phi) is 9.89. The normalized spacial score (nSPS) is 14.2. The lowest BCUT2D eigenvalue weighted by atomic mass is 9.79. The largest absolute Gasteiger partial charge is 0.489 e. The molecule has 0 radical (unpaired) electrons. The molecule has 1 unspecified atom stereocenters. The first-order valence-electron chi connectivity index (χ1n) is 14.9. The molecule has 1 aliphatic heterocycles. The van der Waals surface area contributed by atoms with Gasteiger partial charge in [0.25, 0.3) is 5.91 Å². The third-order valence-electron chi connectivity index (χ3n) is 7.89. The topological polar surface area (TPSA) is 70.7 Å². The Morgan fingerprint density at radius 1 is 0.833 bits per heavy atom. The number of carbonyl (C=O) groups excluding carboxylic acids is 2. The van der Waals surface area contributed by atoms with E-state index in [1.54, 1.807) is 0 Å². The average Bonchev–Trinajstić information content (AvgIpc) is 3.05. The minimum absolute atomic E-state index is 0.126. The summed E-state index contributed by atoms with van der Waals surface area (Å²) in [5, 5.41) is 6.17. The van der Waals surface area contributed by atoms with Gasteiger partial charge >= 0.3 is 0 Å². The molecule has 1 heterocycles. The lowest BCUT2D eigenvalue weighted by Crippen LogP contribution is -2.40. The lowest BCUT2D eigenvalue weighted by molar-refractivity contribution is -0.124. The predicted molar refractivity (Wildman–Crippen MR) is 169 cm³/mol. The van der Waals surface area contributed by atoms with Crippen LogP contribution in [0.25, 0.3) is 0 Å². The molecule has 1 atom stereocenters. The van der Waals surface area contributed by atoms with E-state index in [1.165, 1.54) is 0 Å². The van der Waals surface area contributed by atoms with Crippen LogP contribution in [0.15, 0.2) is 109 Å². The predicted octanol–water partition coefficient (Wildman–Crippen LogP) is 7.04. The van der Waals surface area contributed by atoms with E-state index in [1.807, 2.05) is 84.9 Å². The summed E-state index contributed by atoms with van der Waals surface area (Å²) in [6.45, 7) is 4.87. The molecular formula is C36H39N3O3. The van der Waals surface area contributed by atoms with Crippen molar-refractivity contribution in [1.29, 1.82) is 0 Å². The number of ether oxygens (including phenoxy) is 1. The van der Waals surface area contributed by atoms with Gasteiger partial charge in [0.1, 0.15) is 12.4 Å². The molecule has 6 heteroatoms. The van der Waals surface area contributed by atoms with Gasteiger partial charge in [-0.25, -0.2) is 0 Å². The molecule has 2 amide bonds. The van der Waals surface area contributed by atoms with E-state index >= 15 is 0 Å². The standard InChI is InChI=1S/C36H39N3O3/c1-2-23-37-36(41)34(27-11-5-3-6-12-27)28-21-24-39(25-22-28)31-19-17-30(18-20-31)38-35(40)33-16-10-9-13-29(33)26-42-32-14-7-4-8-15-32/h3-20,28,34H,2,21-26H2,1H3,(H,37,41)(H,38,40). The molecule has 0 aliphatic carbocycles. The second-order valence-corrected chi connectivity index (χ2v) is 10.8. The molecule has 0 spiro atoms. The van der Waals surface area contributed by atoms with Crippen LogP contribution >= 0.6 is 0 Å². The number of hydrogen-bond acceptors (Lipinski definition) is 4. The van der Waals surface area contributed by atoms with Gasteiger partial charge in [0.2, 0.25) is 5.91 Å². The Hall–Kier alpha value is -4.58. The van der Waals surface area contributed by atoms with E-state index in [2.05, 4.69) is 46.7 Å². The Balaban J connectivity index is 1.18. The molecule has 1 saturated heterocycles. The van der Waals surface area contributed by atoms with Gasteiger partial charge in [-0.15, -0.1) is 0 Å². The number of piperidine rings is 1. The van der Waals surface area contributed by atoms with Crippen molar-refractivity contribution in [3.05, 3.63) is 126 Å². The monoisotopic (exact) mass is 561 g/mol. The number of anilines is 2. The minimum atomic E-state index is -0.163. The summed E-state index contributed by atoms with van der Waals surface area (Å²) in [5.74, 6) is 0.907. The fourth-order valence-corrected chi connectivity index (χ4v) is 5.65. The van der Waals surface area contributed by atoms with Crippen LogP contribution < -0.4 is 20.3 Å². The molecule has 6 nitrogen and oxygen atoms in total. The van der Waals surface area contributed by atoms with Crippen molar-refractivity contribution in [3.63, 3.8) is 0 Å². The van der Waals surface area contributed by atoms with Crippen molar-refractivity contribution >= 4 is 23.2 Å². The van der Waals surface area contributed by atoms with Crippen LogP contribution in [-0.4, -0.2) is 31.4 Å². The first kappa shape index (κ1) is 28.9. The molecule has 0 bridgehead atoms. The molecule has 1 aliphatic rings. The van der Waals surface area contributed by atoms with Crippen LogP contribution in [0.1, 0.15) is 53.6 Å². The number of nitrogens with zero attached hydrogens (tertiary/aromatic N) is 1. The summed E-state index contributed by atoms with van der Waals surface area (Å²) >= 11 is 0. The number of benzene rings is 4. The van der Waals surface area contributed by atoms with E-state index in [9.17, 15) is 9.59 Å². The van der Waals surface area contributed by atoms with Gasteiger partial charge < -0.3 is 20.3 Å². The van der Waals surface area contributed by atoms with E-state index in [4.69, 9.17) is 4.74 Å². The van der Waals surface area contributed by atoms with Gasteiger partial charge in [0.15, 0.2) is 0 Å². The maximum absolute atomic E-state index is 13.2. The van der Waals surface area contributed by atoms with Crippen LogP contribution in [0.5, 0.6) is 5.75 Å². The van der Waals surface area contributed by atoms with Gasteiger partial charge in [-0.05, 0) is 73.2 Å². The van der Waals surface area contributed by atoms with Crippen molar-refractivity contribution in [2.75, 3.05) is 29.9 Å². The molecule has 0 aromatic heterocycles. The van der Waals surface area contributed by atoms with Crippen molar-refractivity contribution in [2.45, 2.75) is 38.7 Å². The molecule has 2 N–H and O–H groups in total. The van der Waals surface area contributed by atoms with Crippen LogP contribution in [0.3, 0.4) is 0 Å². The fraction of sp³-hybridized carbons (Fsp3) is 0.278. The van der Waals surface area contributed by atoms with Gasteiger partial charge in [0, 0.05) is 42.1 Å². The summed E-state index contributed by atoms with van der Waals surface area (Å²) in [6, 6.07) is 35.3. The SMILES string of the molecule is CCCNC(=O)C(c1ccccc1)C1CCN(c2ccc(NC(=O)c3ccccc3COc3ccccc3)cc2)CC1. The van der Waals surface area contributed by atoms with Crippen LogP contribution in [0.2, 0.25) is 0 Å². The highest BCUT2D eigenvalue weighted by Crippen LogP contribution is 2.35. The number of hydrogen-bond donors (Lipinski definition) is 2. The number of rotatable bonds is 11. The second kappa shape index (κ2) is 14.4. The van der Waals surface area contributed by atoms with Gasteiger partial charge in [0.05, 0.1) is 5.92 Å². The highest BCUT2D eigenvalue weighted by atomic mass is 16.5. The molecule has 42 heavy (non-hydrogen) atoms. The maximum Gasteiger partial charge on any atom is 0.256 e. The number of carbonyl (C=O) groups is 2. The average molecular weight is 562 g/mol. The minimum Gasteiger partial charge on any atom is -0.489 e. The Bertz CT molecular complexity index is 1430. The summed E-state index contributed by atoms with van der Waals surface area (Å²) in [6.07, 6.45) is 2.82. The highest BCUT2D eigenvalue weighted by Gasteiger charge is 2.32. The van der Waals surface area contributed by atoms with E-state index in [-0.39, 0.29) is 17.7 Å². The van der Waals surface area contributed by atoms with Crippen LogP contribution in [0.4, 0.5) is 11.4 Å². The molecule has 4 aromatic rings. The Morgan fingerprint density at radius 2 is 1.48 bits per heavy atom. The summed E-state index contributed by atoms with van der Waals surface area (Å²) in [5.41, 5.74) is 4.38. The van der Waals surface area contributed by atoms with E-state index < -0.39 is 0 Å². The Morgan fingerprint density at radius 3 is 2.17 bits per heavy atom. The zero-order valence-electron chi connectivity index (χ0n) is 24.2. The molecule has 5 rings (SSSR count). The first-order valence-corrected chi connectivity index (χ1v) is 14.9. The lowest BCUT2D eigenvalue weighted by Gasteiger charge is -2.37. The summed E-state index contributed by atoms with van der Waals surface area (Å²) in [7, 11) is 0. The number of amides is 2. The third kappa shape index (κ3) is 7.38. The molecule has 0 saturated carbocycles. The molecular weight excluding hydrogens is 522 g/mol. The van der Waals surface area contributed by atoms with Crippen molar-refractivity contribution in [2.24, 2.45) is 5.92 Å². The second-order valence-electron chi connectivity index (χ2n) is 10.8. The van der Waals surface area contributed by atoms with Crippen molar-refractivity contribution < 1.29 is 14.3 Å². The number of para-hydroxylation sites is 1. The molecule has 216 valence electrons. The van der Waals surface area contributed by atoms with E-state index in [0.717, 1.165) is 60.6 Å². The first-order chi connectivity index (χ1) is 20.6. The highest BCUT2D eigenvalue weighted by molar-refractivity contribution is 6.05. The van der Waals surface area contributed by atoms with Crippen LogP contribution in [-0.2, 0) is 11.4 Å². The van der Waals surface area contributed by atoms with Crippen molar-refractivity contribution in [3.8, 4) is 5.75 Å². The van der Waals surface area contributed by atoms with Crippen LogP contribution in [0, 0.1) is 5.92 Å². The van der Waals surface area contributed by atoms with Gasteiger partial charge in [-0.3, -0.25) is 9.59 Å². The van der Waals surface area contributed by atoms with Crippen molar-refractivity contribution in [1.82, 2.24) is 5.32 Å². The maximum atomic E-state index is 13.2. The molecule has 4 aromatic carbocycles. The Labute approximate surface area is 248 Å². The fourth-order valence-electron chi connectivity index (χ4n) is 5.65. The van der Waals surface area contributed by atoms with Gasteiger partial charge in [-0.1, -0.05) is 73.7 Å². The zero-order chi connectivity index (χ0) is 29.1. The molecule has 1 fully saturated rings. The van der Waals surface area contributed by atoms with E-state index in [0.29, 0.717) is 24.6 Å².